The second kappa shape index (κ2) is 6.32. The molecule has 0 bridgehead atoms. The lowest BCUT2D eigenvalue weighted by Gasteiger charge is -2.22. The minimum absolute atomic E-state index is 0.127. The van der Waals surface area contributed by atoms with Gasteiger partial charge in [0.25, 0.3) is 0 Å². The van der Waals surface area contributed by atoms with E-state index in [9.17, 15) is 0 Å². The predicted molar refractivity (Wildman–Crippen MR) is 92.0 cm³/mol. The van der Waals surface area contributed by atoms with Gasteiger partial charge >= 0.3 is 0 Å². The fourth-order valence-corrected chi connectivity index (χ4v) is 2.32. The fraction of sp³-hybridized carbons (Fsp3) is 0.375. The number of aromatic nitrogens is 2. The van der Waals surface area contributed by atoms with E-state index in [0.29, 0.717) is 5.15 Å². The number of hydrogen-bond donors (Lipinski definition) is 0. The molecule has 5 heteroatoms. The molecule has 0 N–H and O–H groups in total. The standard InChI is InChI=1S/C16H19BrClN3/c1-16(2,3)15-19-13(18)9-14(20-15)21(4)10-11-5-7-12(17)8-6-11/h5-9H,10H2,1-4H3. The maximum absolute atomic E-state index is 6.14. The van der Waals surface area contributed by atoms with Gasteiger partial charge in [0, 0.05) is 29.5 Å². The Morgan fingerprint density at radius 3 is 2.33 bits per heavy atom. The quantitative estimate of drug-likeness (QED) is 0.727. The van der Waals surface area contributed by atoms with Crippen molar-refractivity contribution in [1.82, 2.24) is 9.97 Å². The summed E-state index contributed by atoms with van der Waals surface area (Å²) in [5.41, 5.74) is 1.09. The number of rotatable bonds is 3. The van der Waals surface area contributed by atoms with Crippen molar-refractivity contribution < 1.29 is 0 Å². The topological polar surface area (TPSA) is 29.0 Å². The van der Waals surface area contributed by atoms with E-state index in [2.05, 4.69) is 63.7 Å². The summed E-state index contributed by atoms with van der Waals surface area (Å²) in [6.45, 7) is 7.01. The normalized spacial score (nSPS) is 11.5. The summed E-state index contributed by atoms with van der Waals surface area (Å²) in [7, 11) is 2.01. The Morgan fingerprint density at radius 2 is 1.76 bits per heavy atom. The molecule has 3 nitrogen and oxygen atoms in total. The maximum Gasteiger partial charge on any atom is 0.137 e. The van der Waals surface area contributed by atoms with E-state index in [-0.39, 0.29) is 5.41 Å². The van der Waals surface area contributed by atoms with E-state index < -0.39 is 0 Å². The Hall–Kier alpha value is -1.13. The van der Waals surface area contributed by atoms with Crippen LogP contribution in [0.25, 0.3) is 0 Å². The van der Waals surface area contributed by atoms with Crippen LogP contribution < -0.4 is 4.90 Å². The second-order valence-corrected chi connectivity index (χ2v) is 7.41. The second-order valence-electron chi connectivity index (χ2n) is 6.11. The molecule has 0 saturated heterocycles. The van der Waals surface area contributed by atoms with Crippen molar-refractivity contribution >= 4 is 33.3 Å². The molecule has 112 valence electrons. The first kappa shape index (κ1) is 16.2. The first-order chi connectivity index (χ1) is 9.75. The van der Waals surface area contributed by atoms with E-state index in [1.807, 2.05) is 19.2 Å². The molecule has 0 atom stereocenters. The Kier molecular flexibility index (Phi) is 4.89. The van der Waals surface area contributed by atoms with Gasteiger partial charge in [0.1, 0.15) is 16.8 Å². The van der Waals surface area contributed by atoms with Gasteiger partial charge in [0.15, 0.2) is 0 Å². The third-order valence-corrected chi connectivity index (χ3v) is 3.80. The Labute approximate surface area is 139 Å². The van der Waals surface area contributed by atoms with E-state index in [0.717, 1.165) is 22.7 Å². The zero-order chi connectivity index (χ0) is 15.6. The molecule has 1 aromatic heterocycles. The first-order valence-corrected chi connectivity index (χ1v) is 7.93. The molecule has 0 fully saturated rings. The molecule has 0 aliphatic heterocycles. The molecule has 0 spiro atoms. The number of hydrogen-bond acceptors (Lipinski definition) is 3. The van der Waals surface area contributed by atoms with Crippen LogP contribution in [0.3, 0.4) is 0 Å². The van der Waals surface area contributed by atoms with Crippen LogP contribution in [0.15, 0.2) is 34.8 Å². The van der Waals surface area contributed by atoms with Crippen LogP contribution in [0.4, 0.5) is 5.82 Å². The predicted octanol–water partition coefficient (Wildman–Crippen LogP) is 4.83. The average Bonchev–Trinajstić information content (AvgIpc) is 2.39. The minimum atomic E-state index is -0.127. The van der Waals surface area contributed by atoms with Crippen LogP contribution >= 0.6 is 27.5 Å². The molecule has 1 heterocycles. The molecule has 1 aromatic carbocycles. The van der Waals surface area contributed by atoms with E-state index >= 15 is 0 Å². The fourth-order valence-electron chi connectivity index (χ4n) is 1.88. The number of anilines is 1. The largest absolute Gasteiger partial charge is 0.355 e. The van der Waals surface area contributed by atoms with Crippen LogP contribution in [-0.2, 0) is 12.0 Å². The summed E-state index contributed by atoms with van der Waals surface area (Å²) in [6, 6.07) is 10.1. The molecule has 0 aliphatic carbocycles. The molecule has 0 amide bonds. The highest BCUT2D eigenvalue weighted by Crippen LogP contribution is 2.24. The Morgan fingerprint density at radius 1 is 1.14 bits per heavy atom. The molecule has 0 saturated carbocycles. The van der Waals surface area contributed by atoms with Gasteiger partial charge in [-0.1, -0.05) is 60.4 Å². The van der Waals surface area contributed by atoms with Crippen molar-refractivity contribution in [3.05, 3.63) is 51.3 Å². The molecular formula is C16H19BrClN3. The minimum Gasteiger partial charge on any atom is -0.355 e. The van der Waals surface area contributed by atoms with Crippen LogP contribution in [-0.4, -0.2) is 17.0 Å². The van der Waals surface area contributed by atoms with Crippen molar-refractivity contribution in [1.29, 1.82) is 0 Å². The van der Waals surface area contributed by atoms with E-state index in [1.165, 1.54) is 5.56 Å². The summed E-state index contributed by atoms with van der Waals surface area (Å²) in [4.78, 5) is 11.0. The van der Waals surface area contributed by atoms with Gasteiger partial charge in [-0.05, 0) is 17.7 Å². The number of halogens is 2. The first-order valence-electron chi connectivity index (χ1n) is 6.76. The van der Waals surface area contributed by atoms with Gasteiger partial charge in [-0.25, -0.2) is 9.97 Å². The highest BCUT2D eigenvalue weighted by atomic mass is 79.9. The van der Waals surface area contributed by atoms with Gasteiger partial charge in [-0.3, -0.25) is 0 Å². The third-order valence-electron chi connectivity index (χ3n) is 3.08. The van der Waals surface area contributed by atoms with Crippen LogP contribution in [0, 0.1) is 0 Å². The lowest BCUT2D eigenvalue weighted by atomic mass is 9.96. The Bertz CT molecular complexity index is 620. The molecular weight excluding hydrogens is 350 g/mol. The number of benzene rings is 1. The van der Waals surface area contributed by atoms with Crippen molar-refractivity contribution in [3.63, 3.8) is 0 Å². The summed E-state index contributed by atoms with van der Waals surface area (Å²) in [5, 5.41) is 0.479. The lowest BCUT2D eigenvalue weighted by molar-refractivity contribution is 0.544. The van der Waals surface area contributed by atoms with Crippen LogP contribution in [0.1, 0.15) is 32.2 Å². The summed E-state index contributed by atoms with van der Waals surface area (Å²) in [6.07, 6.45) is 0. The van der Waals surface area contributed by atoms with Gasteiger partial charge in [-0.15, -0.1) is 0 Å². The maximum atomic E-state index is 6.14. The molecule has 2 rings (SSSR count). The zero-order valence-corrected chi connectivity index (χ0v) is 15.0. The van der Waals surface area contributed by atoms with Crippen LogP contribution in [0.2, 0.25) is 5.15 Å². The van der Waals surface area contributed by atoms with Crippen molar-refractivity contribution in [3.8, 4) is 0 Å². The highest BCUT2D eigenvalue weighted by Gasteiger charge is 2.19. The monoisotopic (exact) mass is 367 g/mol. The molecule has 21 heavy (non-hydrogen) atoms. The van der Waals surface area contributed by atoms with Gasteiger partial charge in [-0.2, -0.15) is 0 Å². The van der Waals surface area contributed by atoms with Gasteiger partial charge in [0.2, 0.25) is 0 Å². The molecule has 0 radical (unpaired) electrons. The lowest BCUT2D eigenvalue weighted by Crippen LogP contribution is -2.22. The molecule has 0 unspecified atom stereocenters. The molecule has 2 aromatic rings. The van der Waals surface area contributed by atoms with Crippen molar-refractivity contribution in [2.75, 3.05) is 11.9 Å². The van der Waals surface area contributed by atoms with E-state index in [4.69, 9.17) is 11.6 Å². The summed E-state index contributed by atoms with van der Waals surface area (Å²) >= 11 is 9.59. The van der Waals surface area contributed by atoms with Crippen LogP contribution in [0.5, 0.6) is 0 Å². The smallest absolute Gasteiger partial charge is 0.137 e. The van der Waals surface area contributed by atoms with Crippen molar-refractivity contribution in [2.45, 2.75) is 32.7 Å². The average molecular weight is 369 g/mol. The number of nitrogens with zero attached hydrogens (tertiary/aromatic N) is 3. The Balaban J connectivity index is 2.24. The van der Waals surface area contributed by atoms with Crippen molar-refractivity contribution in [2.24, 2.45) is 0 Å². The van der Waals surface area contributed by atoms with Gasteiger partial charge in [0.05, 0.1) is 0 Å². The van der Waals surface area contributed by atoms with Gasteiger partial charge < -0.3 is 4.90 Å². The zero-order valence-electron chi connectivity index (χ0n) is 12.7. The SMILES string of the molecule is CN(Cc1ccc(Br)cc1)c1cc(Cl)nc(C(C)(C)C)n1. The molecule has 0 aliphatic rings. The highest BCUT2D eigenvalue weighted by molar-refractivity contribution is 9.10. The summed E-state index contributed by atoms with van der Waals surface area (Å²) in [5.74, 6) is 1.59. The summed E-state index contributed by atoms with van der Waals surface area (Å²) < 4.78 is 1.08. The third kappa shape index (κ3) is 4.42. The van der Waals surface area contributed by atoms with E-state index in [1.54, 1.807) is 6.07 Å².